The average molecular weight is 413 g/mol. The number of aromatic amines is 1. The highest BCUT2D eigenvalue weighted by Gasteiger charge is 2.44. The highest BCUT2D eigenvalue weighted by Crippen LogP contribution is 2.42. The van der Waals surface area contributed by atoms with Crippen LogP contribution in [0.1, 0.15) is 60.6 Å². The third-order valence-electron chi connectivity index (χ3n) is 6.65. The lowest BCUT2D eigenvalue weighted by Gasteiger charge is -2.36. The van der Waals surface area contributed by atoms with Crippen LogP contribution in [0.15, 0.2) is 22.3 Å². The van der Waals surface area contributed by atoms with E-state index in [1.165, 1.54) is 4.88 Å². The first-order valence-corrected chi connectivity index (χ1v) is 11.7. The zero-order valence-corrected chi connectivity index (χ0v) is 17.7. The number of fused-ring (bicyclic) bond motifs is 1. The molecule has 6 nitrogen and oxygen atoms in total. The Bertz CT molecular complexity index is 954. The first kappa shape index (κ1) is 19.0. The number of carbonyl (C=O) groups is 1. The van der Waals surface area contributed by atoms with Crippen LogP contribution in [-0.4, -0.2) is 38.8 Å². The number of thiophene rings is 1. The van der Waals surface area contributed by atoms with Gasteiger partial charge in [-0.3, -0.25) is 14.5 Å². The fourth-order valence-electron chi connectivity index (χ4n) is 4.77. The van der Waals surface area contributed by atoms with Crippen LogP contribution in [0.5, 0.6) is 0 Å². The smallest absolute Gasteiger partial charge is 0.255 e. The lowest BCUT2D eigenvalue weighted by molar-refractivity contribution is -0.137. The molecule has 5 rings (SSSR count). The van der Waals surface area contributed by atoms with E-state index in [-0.39, 0.29) is 23.4 Å². The monoisotopic (exact) mass is 412 g/mol. The summed E-state index contributed by atoms with van der Waals surface area (Å²) < 4.78 is 0. The summed E-state index contributed by atoms with van der Waals surface area (Å²) in [7, 11) is 0. The molecule has 0 radical (unpaired) electrons. The number of amides is 1. The molecule has 3 atom stereocenters. The van der Waals surface area contributed by atoms with Gasteiger partial charge in [-0.25, -0.2) is 4.98 Å². The SMILES string of the molecule is CC1CC1C(=O)N1CCCCC1c1nc2c(c(=O)[nH]1)CN(Cc1cccs1)CC2. The summed E-state index contributed by atoms with van der Waals surface area (Å²) in [5.41, 5.74) is 1.68. The third kappa shape index (κ3) is 3.78. The van der Waals surface area contributed by atoms with Crippen molar-refractivity contribution in [2.75, 3.05) is 13.1 Å². The molecule has 0 aromatic carbocycles. The lowest BCUT2D eigenvalue weighted by Crippen LogP contribution is -2.42. The Labute approximate surface area is 175 Å². The van der Waals surface area contributed by atoms with Gasteiger partial charge < -0.3 is 9.88 Å². The van der Waals surface area contributed by atoms with Crippen LogP contribution in [0.25, 0.3) is 0 Å². The van der Waals surface area contributed by atoms with Crippen molar-refractivity contribution in [1.29, 1.82) is 0 Å². The van der Waals surface area contributed by atoms with Crippen LogP contribution in [0.2, 0.25) is 0 Å². The van der Waals surface area contributed by atoms with Gasteiger partial charge >= 0.3 is 0 Å². The highest BCUT2D eigenvalue weighted by atomic mass is 32.1. The predicted molar refractivity (Wildman–Crippen MR) is 113 cm³/mol. The lowest BCUT2D eigenvalue weighted by atomic mass is 9.99. The second-order valence-electron chi connectivity index (χ2n) is 8.78. The van der Waals surface area contributed by atoms with Gasteiger partial charge in [0.2, 0.25) is 5.91 Å². The molecule has 2 aliphatic heterocycles. The number of hydrogen-bond acceptors (Lipinski definition) is 5. The summed E-state index contributed by atoms with van der Waals surface area (Å²) in [6.07, 6.45) is 4.79. The zero-order valence-electron chi connectivity index (χ0n) is 16.9. The number of aromatic nitrogens is 2. The molecule has 1 N–H and O–H groups in total. The maximum absolute atomic E-state index is 12.9. The Morgan fingerprint density at radius 2 is 2.21 bits per heavy atom. The van der Waals surface area contributed by atoms with Crippen LogP contribution in [0, 0.1) is 11.8 Å². The van der Waals surface area contributed by atoms with E-state index < -0.39 is 0 Å². The Morgan fingerprint density at radius 1 is 1.34 bits per heavy atom. The van der Waals surface area contributed by atoms with Crippen LogP contribution >= 0.6 is 11.3 Å². The van der Waals surface area contributed by atoms with Gasteiger partial charge in [-0.2, -0.15) is 0 Å². The molecule has 2 aromatic rings. The molecule has 1 amide bonds. The number of likely N-dealkylation sites (tertiary alicyclic amines) is 1. The molecule has 2 aromatic heterocycles. The van der Waals surface area contributed by atoms with E-state index in [0.717, 1.165) is 63.0 Å². The van der Waals surface area contributed by atoms with Crippen LogP contribution < -0.4 is 5.56 Å². The molecule has 1 saturated heterocycles. The molecule has 0 spiro atoms. The fourth-order valence-corrected chi connectivity index (χ4v) is 5.52. The molecule has 154 valence electrons. The third-order valence-corrected chi connectivity index (χ3v) is 7.51. The average Bonchev–Trinajstić information content (AvgIpc) is 3.24. The molecule has 1 aliphatic carbocycles. The number of hydrogen-bond donors (Lipinski definition) is 1. The zero-order chi connectivity index (χ0) is 20.0. The van der Waals surface area contributed by atoms with Crippen LogP contribution in [-0.2, 0) is 24.3 Å². The second kappa shape index (κ2) is 7.69. The van der Waals surface area contributed by atoms with Gasteiger partial charge in [0.05, 0.1) is 17.3 Å². The Morgan fingerprint density at radius 3 is 2.97 bits per heavy atom. The van der Waals surface area contributed by atoms with Crippen molar-refractivity contribution in [3.63, 3.8) is 0 Å². The topological polar surface area (TPSA) is 69.3 Å². The summed E-state index contributed by atoms with van der Waals surface area (Å²) in [4.78, 5) is 39.4. The van der Waals surface area contributed by atoms with Gasteiger partial charge in [0.1, 0.15) is 5.82 Å². The molecule has 3 aliphatic rings. The minimum absolute atomic E-state index is 0.0290. The van der Waals surface area contributed by atoms with Crippen LogP contribution in [0.4, 0.5) is 0 Å². The van der Waals surface area contributed by atoms with Crippen molar-refractivity contribution in [2.45, 2.75) is 58.2 Å². The molecule has 4 heterocycles. The van der Waals surface area contributed by atoms with E-state index in [9.17, 15) is 9.59 Å². The van der Waals surface area contributed by atoms with Gasteiger partial charge in [-0.05, 0) is 43.0 Å². The normalized spacial score (nSPS) is 26.9. The quantitative estimate of drug-likeness (QED) is 0.838. The van der Waals surface area contributed by atoms with E-state index in [2.05, 4.69) is 34.3 Å². The number of rotatable bonds is 4. The van der Waals surface area contributed by atoms with Gasteiger partial charge in [0.15, 0.2) is 0 Å². The molecule has 2 fully saturated rings. The highest BCUT2D eigenvalue weighted by molar-refractivity contribution is 7.09. The first-order valence-electron chi connectivity index (χ1n) is 10.8. The fraction of sp³-hybridized carbons (Fsp3) is 0.591. The second-order valence-corrected chi connectivity index (χ2v) is 9.81. The summed E-state index contributed by atoms with van der Waals surface area (Å²) in [6.45, 7) is 5.35. The largest absolute Gasteiger partial charge is 0.332 e. The van der Waals surface area contributed by atoms with E-state index in [4.69, 9.17) is 4.98 Å². The van der Waals surface area contributed by atoms with Gasteiger partial charge in [-0.1, -0.05) is 13.0 Å². The Balaban J connectivity index is 1.37. The van der Waals surface area contributed by atoms with Gasteiger partial charge in [-0.15, -0.1) is 11.3 Å². The van der Waals surface area contributed by atoms with Crippen molar-refractivity contribution in [1.82, 2.24) is 19.8 Å². The van der Waals surface area contributed by atoms with E-state index in [1.54, 1.807) is 11.3 Å². The van der Waals surface area contributed by atoms with Gasteiger partial charge in [0, 0.05) is 43.4 Å². The van der Waals surface area contributed by atoms with E-state index in [1.807, 2.05) is 4.90 Å². The molecule has 29 heavy (non-hydrogen) atoms. The molecule has 7 heteroatoms. The molecule has 0 bridgehead atoms. The molecule has 1 saturated carbocycles. The summed E-state index contributed by atoms with van der Waals surface area (Å²) in [5.74, 6) is 1.62. The summed E-state index contributed by atoms with van der Waals surface area (Å²) >= 11 is 1.75. The standard InChI is InChI=1S/C22H28N4O2S/c1-14-11-16(14)22(28)26-8-3-2-6-19(26)20-23-18-7-9-25(12-15-5-4-10-29-15)13-17(18)21(27)24-20/h4-5,10,14,16,19H,2-3,6-9,11-13H2,1H3,(H,23,24,27). The van der Waals surface area contributed by atoms with Crippen molar-refractivity contribution in [3.05, 3.63) is 49.8 Å². The number of nitrogens with one attached hydrogen (secondary N) is 1. The van der Waals surface area contributed by atoms with Crippen molar-refractivity contribution in [2.24, 2.45) is 11.8 Å². The Kier molecular flexibility index (Phi) is 5.04. The predicted octanol–water partition coefficient (Wildman–Crippen LogP) is 3.10. The number of nitrogens with zero attached hydrogens (tertiary/aromatic N) is 3. The molecular weight excluding hydrogens is 384 g/mol. The maximum atomic E-state index is 12.9. The summed E-state index contributed by atoms with van der Waals surface area (Å²) in [6, 6.07) is 4.13. The van der Waals surface area contributed by atoms with Gasteiger partial charge in [0.25, 0.3) is 5.56 Å². The minimum Gasteiger partial charge on any atom is -0.332 e. The minimum atomic E-state index is -0.0776. The number of carbonyl (C=O) groups excluding carboxylic acids is 1. The first-order chi connectivity index (χ1) is 14.1. The maximum Gasteiger partial charge on any atom is 0.255 e. The Hall–Kier alpha value is -1.99. The van der Waals surface area contributed by atoms with E-state index >= 15 is 0 Å². The molecular formula is C22H28N4O2S. The number of piperidine rings is 1. The molecule has 3 unspecified atom stereocenters. The summed E-state index contributed by atoms with van der Waals surface area (Å²) in [5, 5.41) is 2.09. The van der Waals surface area contributed by atoms with Crippen LogP contribution in [0.3, 0.4) is 0 Å². The van der Waals surface area contributed by atoms with Crippen molar-refractivity contribution >= 4 is 17.2 Å². The number of H-pyrrole nitrogens is 1. The van der Waals surface area contributed by atoms with Crippen molar-refractivity contribution in [3.8, 4) is 0 Å². The van der Waals surface area contributed by atoms with E-state index in [0.29, 0.717) is 18.3 Å². The van der Waals surface area contributed by atoms with Crippen molar-refractivity contribution < 1.29 is 4.79 Å².